The Morgan fingerprint density at radius 3 is 3.00 bits per heavy atom. The molecule has 0 aliphatic carbocycles. The monoisotopic (exact) mass is 224 g/mol. The number of carbonyl (C=O) groups excluding carboxylic acids is 1. The van der Waals surface area contributed by atoms with Crippen LogP contribution in [0, 0.1) is 5.92 Å². The largest absolute Gasteiger partial charge is 0.341 e. The predicted octanol–water partition coefficient (Wildman–Crippen LogP) is 1.32. The third kappa shape index (κ3) is 2.79. The quantitative estimate of drug-likeness (QED) is 0.836. The number of carbonyl (C=O) groups is 1. The smallest absolute Gasteiger partial charge is 0.223 e. The molecule has 1 aliphatic heterocycles. The fourth-order valence-corrected chi connectivity index (χ4v) is 2.38. The van der Waals surface area contributed by atoms with Crippen molar-refractivity contribution < 1.29 is 4.79 Å². The van der Waals surface area contributed by atoms with Crippen LogP contribution in [0.15, 0.2) is 17.5 Å². The van der Waals surface area contributed by atoms with Gasteiger partial charge in [0.25, 0.3) is 0 Å². The summed E-state index contributed by atoms with van der Waals surface area (Å²) in [5, 5.41) is 5.23. The minimum atomic E-state index is 0.259. The summed E-state index contributed by atoms with van der Waals surface area (Å²) in [6.45, 7) is 2.74. The van der Waals surface area contributed by atoms with Gasteiger partial charge < -0.3 is 10.2 Å². The third-order valence-electron chi connectivity index (χ3n) is 2.73. The van der Waals surface area contributed by atoms with Crippen molar-refractivity contribution in [1.29, 1.82) is 0 Å². The van der Waals surface area contributed by atoms with Crippen LogP contribution in [0.2, 0.25) is 0 Å². The van der Waals surface area contributed by atoms with Gasteiger partial charge in [0, 0.05) is 18.3 Å². The van der Waals surface area contributed by atoms with Gasteiger partial charge in [0.05, 0.1) is 6.54 Å². The second kappa shape index (κ2) is 4.77. The molecule has 0 unspecified atom stereocenters. The molecule has 15 heavy (non-hydrogen) atoms. The molecule has 0 atom stereocenters. The molecule has 1 aromatic rings. The zero-order valence-electron chi connectivity index (χ0n) is 8.90. The summed E-state index contributed by atoms with van der Waals surface area (Å²) in [5.74, 6) is 0.818. The van der Waals surface area contributed by atoms with Crippen LogP contribution in [0.3, 0.4) is 0 Å². The van der Waals surface area contributed by atoms with Crippen LogP contribution >= 0.6 is 11.3 Å². The van der Waals surface area contributed by atoms with Crippen LogP contribution in [0.25, 0.3) is 0 Å². The van der Waals surface area contributed by atoms with E-state index >= 15 is 0 Å². The zero-order chi connectivity index (χ0) is 10.7. The lowest BCUT2D eigenvalue weighted by Crippen LogP contribution is -2.44. The van der Waals surface area contributed by atoms with Crippen LogP contribution in [-0.2, 0) is 11.3 Å². The topological polar surface area (TPSA) is 32.3 Å². The van der Waals surface area contributed by atoms with Crippen LogP contribution in [0.4, 0.5) is 0 Å². The van der Waals surface area contributed by atoms with Gasteiger partial charge in [0.15, 0.2) is 0 Å². The molecule has 1 saturated heterocycles. The van der Waals surface area contributed by atoms with Gasteiger partial charge in [-0.1, -0.05) is 6.07 Å². The Labute approximate surface area is 94.1 Å². The molecule has 0 aromatic carbocycles. The first-order valence-corrected chi connectivity index (χ1v) is 6.10. The number of thiophene rings is 1. The maximum absolute atomic E-state index is 11.8. The van der Waals surface area contributed by atoms with Crippen molar-refractivity contribution in [3.05, 3.63) is 22.4 Å². The first kappa shape index (κ1) is 10.6. The van der Waals surface area contributed by atoms with E-state index in [1.165, 1.54) is 4.88 Å². The van der Waals surface area contributed by atoms with Gasteiger partial charge in [0.1, 0.15) is 0 Å². The number of nitrogens with zero attached hydrogens (tertiary/aromatic N) is 1. The Morgan fingerprint density at radius 1 is 1.67 bits per heavy atom. The Morgan fingerprint density at radius 2 is 2.47 bits per heavy atom. The molecule has 1 fully saturated rings. The molecule has 2 rings (SSSR count). The van der Waals surface area contributed by atoms with E-state index < -0.39 is 0 Å². The fourth-order valence-electron chi connectivity index (χ4n) is 1.62. The molecular formula is C11H16N2OS. The minimum absolute atomic E-state index is 0.259. The van der Waals surface area contributed by atoms with Crippen LogP contribution in [0.1, 0.15) is 11.3 Å². The Balaban J connectivity index is 1.79. The molecule has 0 saturated carbocycles. The molecule has 82 valence electrons. The molecule has 3 nitrogen and oxygen atoms in total. The number of hydrogen-bond donors (Lipinski definition) is 1. The van der Waals surface area contributed by atoms with Crippen molar-refractivity contribution in [2.45, 2.75) is 13.0 Å². The summed E-state index contributed by atoms with van der Waals surface area (Å²) in [6, 6.07) is 4.09. The minimum Gasteiger partial charge on any atom is -0.341 e. The van der Waals surface area contributed by atoms with E-state index in [1.54, 1.807) is 11.3 Å². The van der Waals surface area contributed by atoms with Gasteiger partial charge >= 0.3 is 0 Å². The molecule has 0 bridgehead atoms. The molecule has 1 aliphatic rings. The van der Waals surface area contributed by atoms with E-state index in [2.05, 4.69) is 11.4 Å². The summed E-state index contributed by atoms with van der Waals surface area (Å²) in [4.78, 5) is 14.8. The predicted molar refractivity (Wildman–Crippen MR) is 61.8 cm³/mol. The molecule has 1 amide bonds. The average Bonchev–Trinajstić information content (AvgIpc) is 2.63. The summed E-state index contributed by atoms with van der Waals surface area (Å²) in [6.07, 6.45) is 0.689. The maximum Gasteiger partial charge on any atom is 0.223 e. The van der Waals surface area contributed by atoms with Crippen LogP contribution in [-0.4, -0.2) is 30.9 Å². The lowest BCUT2D eigenvalue weighted by molar-refractivity contribution is -0.131. The molecule has 0 radical (unpaired) electrons. The summed E-state index contributed by atoms with van der Waals surface area (Å²) < 4.78 is 0. The highest BCUT2D eigenvalue weighted by Gasteiger charge is 2.21. The summed E-state index contributed by atoms with van der Waals surface area (Å²) in [7, 11) is 1.88. The second-order valence-corrected chi connectivity index (χ2v) is 5.09. The highest BCUT2D eigenvalue weighted by Crippen LogP contribution is 2.14. The SMILES string of the molecule is CN(Cc1cccs1)C(=O)CC1CNC1. The van der Waals surface area contributed by atoms with E-state index in [-0.39, 0.29) is 5.91 Å². The Kier molecular flexibility index (Phi) is 3.38. The number of nitrogens with one attached hydrogen (secondary N) is 1. The van der Waals surface area contributed by atoms with Crippen molar-refractivity contribution in [3.8, 4) is 0 Å². The van der Waals surface area contributed by atoms with Gasteiger partial charge in [-0.3, -0.25) is 4.79 Å². The lowest BCUT2D eigenvalue weighted by atomic mass is 9.99. The average molecular weight is 224 g/mol. The number of amides is 1. The highest BCUT2D eigenvalue weighted by atomic mass is 32.1. The van der Waals surface area contributed by atoms with Crippen LogP contribution < -0.4 is 5.32 Å². The first-order chi connectivity index (χ1) is 7.25. The van der Waals surface area contributed by atoms with Crippen molar-refractivity contribution >= 4 is 17.2 Å². The van der Waals surface area contributed by atoms with Crippen LogP contribution in [0.5, 0.6) is 0 Å². The van der Waals surface area contributed by atoms with Crippen molar-refractivity contribution in [3.63, 3.8) is 0 Å². The molecule has 0 spiro atoms. The summed E-state index contributed by atoms with van der Waals surface area (Å²) >= 11 is 1.70. The second-order valence-electron chi connectivity index (χ2n) is 4.06. The van der Waals surface area contributed by atoms with E-state index in [0.717, 1.165) is 19.6 Å². The van der Waals surface area contributed by atoms with E-state index in [4.69, 9.17) is 0 Å². The van der Waals surface area contributed by atoms with Gasteiger partial charge in [-0.15, -0.1) is 11.3 Å². The zero-order valence-corrected chi connectivity index (χ0v) is 9.72. The van der Waals surface area contributed by atoms with Crippen molar-refractivity contribution in [2.24, 2.45) is 5.92 Å². The molecule has 1 aromatic heterocycles. The van der Waals surface area contributed by atoms with E-state index in [9.17, 15) is 4.79 Å². The fraction of sp³-hybridized carbons (Fsp3) is 0.545. The number of rotatable bonds is 4. The third-order valence-corrected chi connectivity index (χ3v) is 3.59. The van der Waals surface area contributed by atoms with Gasteiger partial charge in [0.2, 0.25) is 5.91 Å². The highest BCUT2D eigenvalue weighted by molar-refractivity contribution is 7.09. The lowest BCUT2D eigenvalue weighted by Gasteiger charge is -2.28. The van der Waals surface area contributed by atoms with Gasteiger partial charge in [-0.25, -0.2) is 0 Å². The van der Waals surface area contributed by atoms with Gasteiger partial charge in [-0.2, -0.15) is 0 Å². The first-order valence-electron chi connectivity index (χ1n) is 5.23. The maximum atomic E-state index is 11.8. The molecular weight excluding hydrogens is 208 g/mol. The molecule has 2 heterocycles. The number of hydrogen-bond acceptors (Lipinski definition) is 3. The van der Waals surface area contributed by atoms with E-state index in [1.807, 2.05) is 23.4 Å². The molecule has 1 N–H and O–H groups in total. The summed E-state index contributed by atoms with van der Waals surface area (Å²) in [5.41, 5.74) is 0. The van der Waals surface area contributed by atoms with E-state index in [0.29, 0.717) is 12.3 Å². The standard InChI is InChI=1S/C11H16N2OS/c1-13(8-10-3-2-4-15-10)11(14)5-9-6-12-7-9/h2-4,9,12H,5-8H2,1H3. The van der Waals surface area contributed by atoms with Gasteiger partial charge in [-0.05, 0) is 30.5 Å². The Hall–Kier alpha value is -0.870. The Bertz CT molecular complexity index is 319. The normalized spacial score (nSPS) is 16.1. The molecule has 4 heteroatoms. The van der Waals surface area contributed by atoms with Crippen molar-refractivity contribution in [2.75, 3.05) is 20.1 Å². The van der Waals surface area contributed by atoms with Crippen molar-refractivity contribution in [1.82, 2.24) is 10.2 Å².